The van der Waals surface area contributed by atoms with Crippen LogP contribution in [0.15, 0.2) is 47.6 Å². The predicted molar refractivity (Wildman–Crippen MR) is 44.8 cm³/mol. The third-order valence-electron chi connectivity index (χ3n) is 1.95. The molecule has 52 valence electrons. The van der Waals surface area contributed by atoms with E-state index in [0.717, 1.165) is 12.8 Å². The topological polar surface area (TPSA) is 0 Å². The van der Waals surface area contributed by atoms with Gasteiger partial charge in [0.2, 0.25) is 0 Å². The second-order valence-electron chi connectivity index (χ2n) is 2.65. The fourth-order valence-corrected chi connectivity index (χ4v) is 1.37. The summed E-state index contributed by atoms with van der Waals surface area (Å²) in [6.07, 6.45) is 15.4. The van der Waals surface area contributed by atoms with Crippen LogP contribution in [0, 0.1) is 0 Å². The molecule has 0 spiro atoms. The molecule has 0 unspecified atom stereocenters. The number of rotatable bonds is 1. The third-order valence-corrected chi connectivity index (χ3v) is 1.95. The average molecular weight is 138 g/mol. The Bertz CT molecular complexity index is 231. The van der Waals surface area contributed by atoms with Crippen molar-refractivity contribution in [3.63, 3.8) is 0 Å². The first-order valence-corrected chi connectivity index (χ1v) is 3.68. The van der Waals surface area contributed by atoms with Crippen molar-refractivity contribution in [2.45, 2.75) is 12.8 Å². The molecular formula is C10H11Li. The van der Waals surface area contributed by atoms with E-state index in [2.05, 4.69) is 36.5 Å². The number of hydrogen-bond donors (Lipinski definition) is 0. The fraction of sp³-hybridized carbons (Fsp3) is 0.200. The molecule has 0 aromatic rings. The summed E-state index contributed by atoms with van der Waals surface area (Å²) >= 11 is 0. The van der Waals surface area contributed by atoms with Gasteiger partial charge in [0.25, 0.3) is 0 Å². The van der Waals surface area contributed by atoms with Crippen LogP contribution < -0.4 is 18.9 Å². The van der Waals surface area contributed by atoms with E-state index in [1.807, 2.05) is 0 Å². The van der Waals surface area contributed by atoms with Gasteiger partial charge in [0.15, 0.2) is 0 Å². The quantitative estimate of drug-likeness (QED) is 0.443. The van der Waals surface area contributed by atoms with Crippen molar-refractivity contribution >= 4 is 0 Å². The maximum absolute atomic E-state index is 2.21. The summed E-state index contributed by atoms with van der Waals surface area (Å²) in [5.74, 6) is 0. The average Bonchev–Trinajstić information content (AvgIpc) is 2.59. The molecule has 2 aliphatic carbocycles. The Morgan fingerprint density at radius 2 is 1.36 bits per heavy atom. The van der Waals surface area contributed by atoms with Gasteiger partial charge >= 0.3 is 18.9 Å². The van der Waals surface area contributed by atoms with E-state index in [1.165, 1.54) is 11.1 Å². The van der Waals surface area contributed by atoms with Crippen LogP contribution in [0.2, 0.25) is 0 Å². The molecule has 0 atom stereocenters. The second kappa shape index (κ2) is 3.81. The van der Waals surface area contributed by atoms with E-state index in [0.29, 0.717) is 0 Å². The van der Waals surface area contributed by atoms with Crippen molar-refractivity contribution in [2.75, 3.05) is 0 Å². The van der Waals surface area contributed by atoms with Crippen molar-refractivity contribution < 1.29 is 20.3 Å². The molecule has 2 aliphatic rings. The molecule has 0 aliphatic heterocycles. The Morgan fingerprint density at radius 1 is 0.909 bits per heavy atom. The summed E-state index contributed by atoms with van der Waals surface area (Å²) in [5, 5.41) is 0. The maximum Gasteiger partial charge on any atom is 1.00 e. The van der Waals surface area contributed by atoms with Crippen LogP contribution in [-0.4, -0.2) is 0 Å². The van der Waals surface area contributed by atoms with Crippen molar-refractivity contribution in [3.8, 4) is 0 Å². The molecule has 0 saturated carbocycles. The first-order chi connectivity index (χ1) is 4.97. The van der Waals surface area contributed by atoms with Gasteiger partial charge < -0.3 is 1.43 Å². The van der Waals surface area contributed by atoms with Crippen molar-refractivity contribution in [1.82, 2.24) is 0 Å². The molecule has 0 radical (unpaired) electrons. The van der Waals surface area contributed by atoms with Gasteiger partial charge in [-0.3, -0.25) is 0 Å². The monoisotopic (exact) mass is 138 g/mol. The van der Waals surface area contributed by atoms with E-state index in [1.54, 1.807) is 0 Å². The molecule has 0 amide bonds. The van der Waals surface area contributed by atoms with E-state index in [4.69, 9.17) is 0 Å². The molecule has 0 nitrogen and oxygen atoms in total. The molecule has 0 saturated heterocycles. The Labute approximate surface area is 81.0 Å². The largest absolute Gasteiger partial charge is 1.00 e. The van der Waals surface area contributed by atoms with Crippen LogP contribution in [0.3, 0.4) is 0 Å². The van der Waals surface area contributed by atoms with Crippen LogP contribution in [0.25, 0.3) is 0 Å². The minimum atomic E-state index is 0. The molecule has 11 heavy (non-hydrogen) atoms. The van der Waals surface area contributed by atoms with Gasteiger partial charge in [-0.05, 0) is 24.0 Å². The van der Waals surface area contributed by atoms with Crippen molar-refractivity contribution in [2.24, 2.45) is 0 Å². The third kappa shape index (κ3) is 1.77. The van der Waals surface area contributed by atoms with Crippen molar-refractivity contribution in [3.05, 3.63) is 47.6 Å². The van der Waals surface area contributed by atoms with Crippen LogP contribution in [-0.2, 0) is 0 Å². The minimum absolute atomic E-state index is 0. The zero-order valence-corrected chi connectivity index (χ0v) is 6.88. The molecule has 0 heterocycles. The first-order valence-electron chi connectivity index (χ1n) is 3.68. The summed E-state index contributed by atoms with van der Waals surface area (Å²) in [6.45, 7) is 0. The summed E-state index contributed by atoms with van der Waals surface area (Å²) in [7, 11) is 0. The zero-order valence-electron chi connectivity index (χ0n) is 7.88. The standard InChI is InChI=1S/C10H10.Li.H/c1-2-6-9(5-1)10-7-3-4-8-10;;/h1-5,7H,6,8H2;;/q;+1;-1. The molecule has 0 aromatic heterocycles. The summed E-state index contributed by atoms with van der Waals surface area (Å²) in [5.41, 5.74) is 2.98. The Kier molecular flexibility index (Phi) is 3.00. The van der Waals surface area contributed by atoms with Gasteiger partial charge in [0.05, 0.1) is 0 Å². The Hall–Kier alpha value is -0.443. The zero-order chi connectivity index (χ0) is 6.81. The molecule has 0 N–H and O–H groups in total. The fourth-order valence-electron chi connectivity index (χ4n) is 1.37. The maximum atomic E-state index is 2.21. The molecule has 2 rings (SSSR count). The first kappa shape index (κ1) is 8.65. The van der Waals surface area contributed by atoms with Gasteiger partial charge in [-0.1, -0.05) is 36.5 Å². The minimum Gasteiger partial charge on any atom is -1.00 e. The van der Waals surface area contributed by atoms with E-state index in [9.17, 15) is 0 Å². The van der Waals surface area contributed by atoms with Gasteiger partial charge in [-0.25, -0.2) is 0 Å². The molecule has 0 aromatic carbocycles. The van der Waals surface area contributed by atoms with Crippen molar-refractivity contribution in [1.29, 1.82) is 0 Å². The number of hydrogen-bond acceptors (Lipinski definition) is 0. The molecule has 0 fully saturated rings. The second-order valence-corrected chi connectivity index (χ2v) is 2.65. The summed E-state index contributed by atoms with van der Waals surface area (Å²) < 4.78 is 0. The van der Waals surface area contributed by atoms with Crippen LogP contribution in [0.5, 0.6) is 0 Å². The van der Waals surface area contributed by atoms with Gasteiger partial charge in [0.1, 0.15) is 0 Å². The summed E-state index contributed by atoms with van der Waals surface area (Å²) in [6, 6.07) is 0. The number of allylic oxidation sites excluding steroid dienone is 8. The summed E-state index contributed by atoms with van der Waals surface area (Å²) in [4.78, 5) is 0. The molecule has 0 bridgehead atoms. The SMILES string of the molecule is C1=CCC(C2=CC=CC2)=C1.[H-].[Li+]. The normalized spacial score (nSPS) is 19.6. The smallest absolute Gasteiger partial charge is 1.00 e. The Balaban J connectivity index is 0.000000605. The molecular weight excluding hydrogens is 127 g/mol. The van der Waals surface area contributed by atoms with E-state index < -0.39 is 0 Å². The van der Waals surface area contributed by atoms with E-state index >= 15 is 0 Å². The van der Waals surface area contributed by atoms with Gasteiger partial charge in [0, 0.05) is 0 Å². The van der Waals surface area contributed by atoms with Crippen LogP contribution in [0.1, 0.15) is 14.3 Å². The predicted octanol–water partition coefficient (Wildman–Crippen LogP) is -0.125. The van der Waals surface area contributed by atoms with Crippen LogP contribution in [0.4, 0.5) is 0 Å². The van der Waals surface area contributed by atoms with Gasteiger partial charge in [-0.2, -0.15) is 0 Å². The van der Waals surface area contributed by atoms with E-state index in [-0.39, 0.29) is 20.3 Å². The Morgan fingerprint density at radius 3 is 1.64 bits per heavy atom. The van der Waals surface area contributed by atoms with Gasteiger partial charge in [-0.15, -0.1) is 0 Å². The molecule has 1 heteroatoms. The van der Waals surface area contributed by atoms with Crippen LogP contribution >= 0.6 is 0 Å².